The largest absolute Gasteiger partial charge is 0.493 e. The lowest BCUT2D eigenvalue weighted by Gasteiger charge is -2.15. The molecule has 0 heterocycles. The van der Waals surface area contributed by atoms with Crippen molar-refractivity contribution in [1.29, 1.82) is 0 Å². The Morgan fingerprint density at radius 1 is 1.08 bits per heavy atom. The van der Waals surface area contributed by atoms with Crippen molar-refractivity contribution >= 4 is 29.0 Å². The third-order valence-electron chi connectivity index (χ3n) is 3.95. The third kappa shape index (κ3) is 4.68. The van der Waals surface area contributed by atoms with Crippen molar-refractivity contribution < 1.29 is 14.3 Å². The second-order valence-corrected chi connectivity index (χ2v) is 6.61. The van der Waals surface area contributed by atoms with E-state index in [1.807, 2.05) is 6.92 Å². The second-order valence-electron chi connectivity index (χ2n) is 5.80. The molecule has 0 radical (unpaired) electrons. The quantitative estimate of drug-likeness (QED) is 0.409. The van der Waals surface area contributed by atoms with Crippen LogP contribution < -0.4 is 9.47 Å². The Hall–Kier alpha value is -1.71. The van der Waals surface area contributed by atoms with Crippen LogP contribution in [0.1, 0.15) is 47.7 Å². The van der Waals surface area contributed by atoms with Gasteiger partial charge in [-0.15, -0.1) is 0 Å². The van der Waals surface area contributed by atoms with Crippen LogP contribution in [0.15, 0.2) is 30.3 Å². The Kier molecular flexibility index (Phi) is 7.15. The van der Waals surface area contributed by atoms with Crippen molar-refractivity contribution in [3.05, 3.63) is 57.1 Å². The maximum atomic E-state index is 13.0. The molecule has 2 aromatic rings. The van der Waals surface area contributed by atoms with Crippen molar-refractivity contribution in [3.63, 3.8) is 0 Å². The van der Waals surface area contributed by atoms with E-state index in [9.17, 15) is 4.79 Å². The molecule has 0 aliphatic rings. The zero-order valence-electron chi connectivity index (χ0n) is 14.7. The molecule has 2 aromatic carbocycles. The molecular weight excluding hydrogens is 359 g/mol. The molecular formula is C20H22Cl2O3. The normalized spacial score (nSPS) is 10.6. The van der Waals surface area contributed by atoms with Crippen LogP contribution in [0.25, 0.3) is 0 Å². The molecule has 0 bridgehead atoms. The molecule has 0 unspecified atom stereocenters. The van der Waals surface area contributed by atoms with E-state index < -0.39 is 0 Å². The lowest BCUT2D eigenvalue weighted by Crippen LogP contribution is -2.08. The molecule has 0 aliphatic heterocycles. The topological polar surface area (TPSA) is 35.5 Å². The summed E-state index contributed by atoms with van der Waals surface area (Å²) in [6.07, 6.45) is 3.16. The molecule has 134 valence electrons. The molecule has 25 heavy (non-hydrogen) atoms. The van der Waals surface area contributed by atoms with Crippen molar-refractivity contribution in [3.8, 4) is 11.5 Å². The van der Waals surface area contributed by atoms with Gasteiger partial charge in [0, 0.05) is 5.56 Å². The highest BCUT2D eigenvalue weighted by Gasteiger charge is 2.20. The molecule has 0 N–H and O–H groups in total. The maximum absolute atomic E-state index is 13.0. The molecule has 5 heteroatoms. The Bertz CT molecular complexity index is 737. The molecule has 0 spiro atoms. The fraction of sp³-hybridized carbons (Fsp3) is 0.350. The van der Waals surface area contributed by atoms with E-state index in [1.165, 1.54) is 0 Å². The van der Waals surface area contributed by atoms with Gasteiger partial charge in [0.2, 0.25) is 0 Å². The standard InChI is InChI=1S/C20H22Cl2O3/c1-4-5-6-10-25-18-12-14(13(2)11-17(18)24-3)20(23)19-15(21)8-7-9-16(19)22/h7-9,11-12H,4-6,10H2,1-3H3. The first-order valence-electron chi connectivity index (χ1n) is 8.29. The number of methoxy groups -OCH3 is 1. The predicted octanol–water partition coefficient (Wildman–Crippen LogP) is 6.11. The number of carbonyl (C=O) groups is 1. The number of halogens is 2. The van der Waals surface area contributed by atoms with Gasteiger partial charge in [-0.2, -0.15) is 0 Å². The number of benzene rings is 2. The van der Waals surface area contributed by atoms with Crippen LogP contribution in [0.3, 0.4) is 0 Å². The van der Waals surface area contributed by atoms with Gasteiger partial charge in [0.25, 0.3) is 0 Å². The third-order valence-corrected chi connectivity index (χ3v) is 4.58. The predicted molar refractivity (Wildman–Crippen MR) is 103 cm³/mol. The van der Waals surface area contributed by atoms with Crippen LogP contribution >= 0.6 is 23.2 Å². The first-order chi connectivity index (χ1) is 12.0. The van der Waals surface area contributed by atoms with E-state index in [4.69, 9.17) is 32.7 Å². The summed E-state index contributed by atoms with van der Waals surface area (Å²) in [5.41, 5.74) is 1.58. The van der Waals surface area contributed by atoms with Crippen LogP contribution in [0.4, 0.5) is 0 Å². The molecule has 0 aliphatic carbocycles. The zero-order valence-corrected chi connectivity index (χ0v) is 16.2. The van der Waals surface area contributed by atoms with Crippen molar-refractivity contribution in [2.75, 3.05) is 13.7 Å². The van der Waals surface area contributed by atoms with Gasteiger partial charge in [0.05, 0.1) is 29.3 Å². The summed E-state index contributed by atoms with van der Waals surface area (Å²) in [5, 5.41) is 0.663. The minimum absolute atomic E-state index is 0.228. The summed E-state index contributed by atoms with van der Waals surface area (Å²) in [4.78, 5) is 13.0. The summed E-state index contributed by atoms with van der Waals surface area (Å²) >= 11 is 12.4. The fourth-order valence-corrected chi connectivity index (χ4v) is 3.13. The molecule has 0 saturated carbocycles. The van der Waals surface area contributed by atoms with Gasteiger partial charge in [0.15, 0.2) is 17.3 Å². The van der Waals surface area contributed by atoms with Gasteiger partial charge in [-0.25, -0.2) is 0 Å². The Morgan fingerprint density at radius 2 is 1.76 bits per heavy atom. The van der Waals surface area contributed by atoms with Crippen LogP contribution in [0.2, 0.25) is 10.0 Å². The minimum atomic E-state index is -0.228. The van der Waals surface area contributed by atoms with Gasteiger partial charge >= 0.3 is 0 Å². The monoisotopic (exact) mass is 380 g/mol. The highest BCUT2D eigenvalue weighted by molar-refractivity contribution is 6.41. The zero-order chi connectivity index (χ0) is 18.4. The van der Waals surface area contributed by atoms with Crippen molar-refractivity contribution in [2.24, 2.45) is 0 Å². The first kappa shape index (κ1) is 19.6. The Morgan fingerprint density at radius 3 is 2.36 bits per heavy atom. The first-order valence-corrected chi connectivity index (χ1v) is 9.05. The summed E-state index contributed by atoms with van der Waals surface area (Å²) in [7, 11) is 1.58. The number of rotatable bonds is 8. The van der Waals surface area contributed by atoms with Crippen molar-refractivity contribution in [2.45, 2.75) is 33.1 Å². The van der Waals surface area contributed by atoms with Gasteiger partial charge < -0.3 is 9.47 Å². The minimum Gasteiger partial charge on any atom is -0.493 e. The fourth-order valence-electron chi connectivity index (χ4n) is 2.56. The number of aryl methyl sites for hydroxylation is 1. The van der Waals surface area contributed by atoms with E-state index in [0.29, 0.717) is 39.3 Å². The molecule has 3 nitrogen and oxygen atoms in total. The average molecular weight is 381 g/mol. The highest BCUT2D eigenvalue weighted by atomic mass is 35.5. The number of hydrogen-bond acceptors (Lipinski definition) is 3. The van der Waals surface area contributed by atoms with Crippen LogP contribution in [-0.4, -0.2) is 19.5 Å². The number of ketones is 1. The summed E-state index contributed by atoms with van der Waals surface area (Å²) in [6, 6.07) is 8.53. The van der Waals surface area contributed by atoms with E-state index in [-0.39, 0.29) is 5.78 Å². The molecule has 0 amide bonds. The molecule has 0 saturated heterocycles. The van der Waals surface area contributed by atoms with Gasteiger partial charge in [-0.05, 0) is 43.2 Å². The van der Waals surface area contributed by atoms with E-state index >= 15 is 0 Å². The lowest BCUT2D eigenvalue weighted by molar-refractivity contribution is 0.103. The molecule has 0 aromatic heterocycles. The number of unbranched alkanes of at least 4 members (excludes halogenated alkanes) is 2. The highest BCUT2D eigenvalue weighted by Crippen LogP contribution is 2.34. The summed E-state index contributed by atoms with van der Waals surface area (Å²) < 4.78 is 11.2. The van der Waals surface area contributed by atoms with Crippen LogP contribution in [0, 0.1) is 6.92 Å². The number of hydrogen-bond donors (Lipinski definition) is 0. The molecule has 2 rings (SSSR count). The number of ether oxygens (including phenoxy) is 2. The van der Waals surface area contributed by atoms with Crippen LogP contribution in [-0.2, 0) is 0 Å². The van der Waals surface area contributed by atoms with E-state index in [0.717, 1.165) is 24.8 Å². The summed E-state index contributed by atoms with van der Waals surface area (Å²) in [6.45, 7) is 4.56. The van der Waals surface area contributed by atoms with Crippen LogP contribution in [0.5, 0.6) is 11.5 Å². The summed E-state index contributed by atoms with van der Waals surface area (Å²) in [5.74, 6) is 0.931. The molecule has 0 fully saturated rings. The number of carbonyl (C=O) groups excluding carboxylic acids is 1. The Balaban J connectivity index is 2.38. The lowest BCUT2D eigenvalue weighted by atomic mass is 9.98. The van der Waals surface area contributed by atoms with Gasteiger partial charge in [0.1, 0.15) is 0 Å². The van der Waals surface area contributed by atoms with Gasteiger partial charge in [-0.1, -0.05) is 49.0 Å². The second kappa shape index (κ2) is 9.12. The van der Waals surface area contributed by atoms with Crippen molar-refractivity contribution in [1.82, 2.24) is 0 Å². The Labute approximate surface area is 158 Å². The SMILES string of the molecule is CCCCCOc1cc(C(=O)c2c(Cl)cccc2Cl)c(C)cc1OC. The smallest absolute Gasteiger partial charge is 0.196 e. The van der Waals surface area contributed by atoms with Gasteiger partial charge in [-0.3, -0.25) is 4.79 Å². The average Bonchev–Trinajstić information content (AvgIpc) is 2.59. The molecule has 0 atom stereocenters. The maximum Gasteiger partial charge on any atom is 0.196 e. The van der Waals surface area contributed by atoms with E-state index in [1.54, 1.807) is 37.4 Å². The van der Waals surface area contributed by atoms with E-state index in [2.05, 4.69) is 6.92 Å².